The molecule has 156 valence electrons. The Morgan fingerprint density at radius 2 is 2.00 bits per heavy atom. The van der Waals surface area contributed by atoms with Crippen molar-refractivity contribution in [3.63, 3.8) is 0 Å². The topological polar surface area (TPSA) is 97.4 Å². The minimum Gasteiger partial charge on any atom is -0.443 e. The molecule has 3 aromatic rings. The van der Waals surface area contributed by atoms with Gasteiger partial charge in [0.1, 0.15) is 0 Å². The Hall–Kier alpha value is -2.24. The van der Waals surface area contributed by atoms with E-state index >= 15 is 0 Å². The van der Waals surface area contributed by atoms with E-state index in [1.54, 1.807) is 40.1 Å². The molecule has 4 rings (SSSR count). The van der Waals surface area contributed by atoms with Gasteiger partial charge in [0.05, 0.1) is 10.2 Å². The highest BCUT2D eigenvalue weighted by Gasteiger charge is 2.33. The SMILES string of the molecule is CC1CN(C(=O)c2nnn(-c3cccc(Cl)c3)n2)CCN1C(=O)c1cc(Br)c(Br)o1. The largest absolute Gasteiger partial charge is 0.443 e. The van der Waals surface area contributed by atoms with Crippen molar-refractivity contribution in [1.82, 2.24) is 30.0 Å². The maximum atomic E-state index is 12.8. The van der Waals surface area contributed by atoms with E-state index in [2.05, 4.69) is 47.3 Å². The van der Waals surface area contributed by atoms with Gasteiger partial charge in [-0.05, 0) is 62.2 Å². The molecule has 3 heterocycles. The van der Waals surface area contributed by atoms with E-state index in [1.807, 2.05) is 6.92 Å². The van der Waals surface area contributed by atoms with Crippen LogP contribution < -0.4 is 0 Å². The number of tetrazole rings is 1. The number of benzene rings is 1. The molecule has 1 unspecified atom stereocenters. The average molecular weight is 559 g/mol. The van der Waals surface area contributed by atoms with Crippen molar-refractivity contribution in [2.75, 3.05) is 19.6 Å². The number of halogens is 3. The van der Waals surface area contributed by atoms with E-state index in [4.69, 9.17) is 16.0 Å². The van der Waals surface area contributed by atoms with Crippen LogP contribution in [-0.4, -0.2) is 67.5 Å². The summed E-state index contributed by atoms with van der Waals surface area (Å²) in [6, 6.07) is 8.34. The molecular formula is C18H15Br2ClN6O3. The second-order valence-corrected chi connectivity index (χ2v) is 8.72. The first kappa shape index (κ1) is 21.0. The smallest absolute Gasteiger partial charge is 0.295 e. The minimum atomic E-state index is -0.342. The molecule has 30 heavy (non-hydrogen) atoms. The Bertz CT molecular complexity index is 1100. The number of furan rings is 1. The van der Waals surface area contributed by atoms with Crippen molar-refractivity contribution >= 4 is 55.3 Å². The molecule has 0 aliphatic carbocycles. The molecule has 0 spiro atoms. The molecule has 12 heteroatoms. The van der Waals surface area contributed by atoms with Crippen LogP contribution in [0.1, 0.15) is 28.1 Å². The van der Waals surface area contributed by atoms with Crippen LogP contribution in [0.25, 0.3) is 5.69 Å². The number of hydrogen-bond donors (Lipinski definition) is 0. The third kappa shape index (κ3) is 4.14. The zero-order chi connectivity index (χ0) is 21.4. The summed E-state index contributed by atoms with van der Waals surface area (Å²) in [4.78, 5) is 30.1. The predicted octanol–water partition coefficient (Wildman–Crippen LogP) is 3.42. The van der Waals surface area contributed by atoms with Gasteiger partial charge >= 0.3 is 0 Å². The van der Waals surface area contributed by atoms with Crippen molar-refractivity contribution in [2.24, 2.45) is 0 Å². The molecule has 1 aliphatic rings. The molecule has 9 nitrogen and oxygen atoms in total. The van der Waals surface area contributed by atoms with Gasteiger partial charge in [0, 0.05) is 36.8 Å². The average Bonchev–Trinajstić information content (AvgIpc) is 3.34. The second-order valence-electron chi connectivity index (χ2n) is 6.71. The summed E-state index contributed by atoms with van der Waals surface area (Å²) in [6.07, 6.45) is 0. The van der Waals surface area contributed by atoms with E-state index < -0.39 is 0 Å². The van der Waals surface area contributed by atoms with E-state index in [0.29, 0.717) is 39.5 Å². The van der Waals surface area contributed by atoms with Crippen molar-refractivity contribution < 1.29 is 14.0 Å². The lowest BCUT2D eigenvalue weighted by Gasteiger charge is -2.38. The van der Waals surface area contributed by atoms with Gasteiger partial charge in [-0.15, -0.1) is 15.0 Å². The molecule has 0 N–H and O–H groups in total. The number of carbonyl (C=O) groups excluding carboxylic acids is 2. The third-order valence-corrected chi connectivity index (χ3v) is 6.62. The summed E-state index contributed by atoms with van der Waals surface area (Å²) in [5.74, 6) is -0.357. The highest BCUT2D eigenvalue weighted by atomic mass is 79.9. The highest BCUT2D eigenvalue weighted by molar-refractivity contribution is 9.13. The maximum absolute atomic E-state index is 12.8. The molecule has 1 saturated heterocycles. The van der Waals surface area contributed by atoms with E-state index in [0.717, 1.165) is 0 Å². The molecule has 2 amide bonds. The predicted molar refractivity (Wildman–Crippen MR) is 115 cm³/mol. The Labute approximate surface area is 193 Å². The molecular weight excluding hydrogens is 543 g/mol. The Morgan fingerprint density at radius 3 is 2.67 bits per heavy atom. The van der Waals surface area contributed by atoms with Crippen LogP contribution in [0.3, 0.4) is 0 Å². The summed E-state index contributed by atoms with van der Waals surface area (Å²) in [6.45, 7) is 2.94. The van der Waals surface area contributed by atoms with Gasteiger partial charge in [0.2, 0.25) is 0 Å². The van der Waals surface area contributed by atoms with Crippen LogP contribution in [0.5, 0.6) is 0 Å². The Morgan fingerprint density at radius 1 is 1.20 bits per heavy atom. The maximum Gasteiger partial charge on any atom is 0.295 e. The number of rotatable bonds is 3. The molecule has 0 saturated carbocycles. The van der Waals surface area contributed by atoms with Gasteiger partial charge in [0.25, 0.3) is 17.6 Å². The number of amides is 2. The van der Waals surface area contributed by atoms with Crippen LogP contribution in [0.15, 0.2) is 43.9 Å². The normalized spacial score (nSPS) is 16.7. The molecule has 2 aromatic heterocycles. The molecule has 1 aromatic carbocycles. The van der Waals surface area contributed by atoms with E-state index in [-0.39, 0.29) is 29.4 Å². The van der Waals surface area contributed by atoms with Gasteiger partial charge in [-0.25, -0.2) is 0 Å². The third-order valence-electron chi connectivity index (χ3n) is 4.68. The lowest BCUT2D eigenvalue weighted by atomic mass is 10.1. The molecule has 1 fully saturated rings. The fraction of sp³-hybridized carbons (Fsp3) is 0.278. The number of nitrogens with zero attached hydrogens (tertiary/aromatic N) is 6. The summed E-state index contributed by atoms with van der Waals surface area (Å²) in [5.41, 5.74) is 0.605. The van der Waals surface area contributed by atoms with Crippen LogP contribution in [0, 0.1) is 0 Å². The van der Waals surface area contributed by atoms with Gasteiger partial charge < -0.3 is 14.2 Å². The molecule has 1 aliphatic heterocycles. The van der Waals surface area contributed by atoms with Crippen LogP contribution >= 0.6 is 43.5 Å². The number of carbonyl (C=O) groups is 2. The second kappa shape index (κ2) is 8.48. The summed E-state index contributed by atoms with van der Waals surface area (Å²) in [5, 5.41) is 12.5. The van der Waals surface area contributed by atoms with Crippen LogP contribution in [0.2, 0.25) is 5.02 Å². The first-order valence-electron chi connectivity index (χ1n) is 8.94. The quantitative estimate of drug-likeness (QED) is 0.489. The Balaban J connectivity index is 1.44. The standard InChI is InChI=1S/C18H15Br2ClN6O3/c1-10-9-25(5-6-26(10)17(28)14-8-13(19)15(20)30-14)18(29)16-22-24-27(23-16)12-4-2-3-11(21)7-12/h2-4,7-8,10H,5-6,9H2,1H3. The zero-order valence-corrected chi connectivity index (χ0v) is 19.6. The lowest BCUT2D eigenvalue weighted by molar-refractivity contribution is 0.0389. The first-order valence-corrected chi connectivity index (χ1v) is 10.9. The number of aromatic nitrogens is 4. The van der Waals surface area contributed by atoms with Crippen molar-refractivity contribution in [1.29, 1.82) is 0 Å². The lowest BCUT2D eigenvalue weighted by Crippen LogP contribution is -2.55. The monoisotopic (exact) mass is 556 g/mol. The van der Waals surface area contributed by atoms with Crippen molar-refractivity contribution in [3.05, 3.63) is 56.1 Å². The molecule has 0 bridgehead atoms. The fourth-order valence-corrected chi connectivity index (χ4v) is 3.95. The minimum absolute atomic E-state index is 0.0131. The molecule has 1 atom stereocenters. The van der Waals surface area contributed by atoms with Crippen molar-refractivity contribution in [3.8, 4) is 5.69 Å². The zero-order valence-electron chi connectivity index (χ0n) is 15.6. The first-order chi connectivity index (χ1) is 14.3. The summed E-state index contributed by atoms with van der Waals surface area (Å²) in [7, 11) is 0. The van der Waals surface area contributed by atoms with E-state index in [1.165, 1.54) is 4.80 Å². The van der Waals surface area contributed by atoms with Crippen LogP contribution in [0.4, 0.5) is 0 Å². The fourth-order valence-electron chi connectivity index (χ4n) is 3.19. The van der Waals surface area contributed by atoms with Crippen LogP contribution in [-0.2, 0) is 0 Å². The van der Waals surface area contributed by atoms with Gasteiger partial charge in [-0.2, -0.15) is 0 Å². The van der Waals surface area contributed by atoms with Gasteiger partial charge in [0.15, 0.2) is 10.4 Å². The van der Waals surface area contributed by atoms with Gasteiger partial charge in [-0.3, -0.25) is 9.59 Å². The Kier molecular flexibility index (Phi) is 5.94. The summed E-state index contributed by atoms with van der Waals surface area (Å²) >= 11 is 12.5. The van der Waals surface area contributed by atoms with E-state index in [9.17, 15) is 9.59 Å². The van der Waals surface area contributed by atoms with Gasteiger partial charge in [-0.1, -0.05) is 17.7 Å². The molecule has 0 radical (unpaired) electrons. The number of hydrogen-bond acceptors (Lipinski definition) is 6. The highest BCUT2D eigenvalue weighted by Crippen LogP contribution is 2.28. The summed E-state index contributed by atoms with van der Waals surface area (Å²) < 4.78 is 6.56. The number of piperazine rings is 1. The van der Waals surface area contributed by atoms with Crippen molar-refractivity contribution in [2.45, 2.75) is 13.0 Å².